The maximum absolute atomic E-state index is 14.9. The number of hydrogen-bond acceptors (Lipinski definition) is 4. The first kappa shape index (κ1) is 26.0. The summed E-state index contributed by atoms with van der Waals surface area (Å²) in [5.74, 6) is -2.01. The number of hydrogen-bond donors (Lipinski definition) is 2. The minimum absolute atomic E-state index is 0.0148. The lowest BCUT2D eigenvalue weighted by Gasteiger charge is -2.25. The van der Waals surface area contributed by atoms with Crippen LogP contribution in [0.25, 0.3) is 0 Å². The molecule has 35 heavy (non-hydrogen) atoms. The molecule has 9 heteroatoms. The topological polar surface area (TPSA) is 92.3 Å². The number of carbonyl (C=O) groups excluding carboxylic acids is 2. The van der Waals surface area contributed by atoms with Gasteiger partial charge < -0.3 is 10.6 Å². The van der Waals surface area contributed by atoms with Gasteiger partial charge in [-0.2, -0.15) is 0 Å². The van der Waals surface area contributed by atoms with E-state index < -0.39 is 38.7 Å². The second kappa shape index (κ2) is 10.4. The summed E-state index contributed by atoms with van der Waals surface area (Å²) in [6.07, 6.45) is -0.0264. The molecule has 2 amide bonds. The van der Waals surface area contributed by atoms with Crippen LogP contribution in [0.3, 0.4) is 0 Å². The van der Waals surface area contributed by atoms with E-state index >= 15 is 0 Å². The predicted octanol–water partition coefficient (Wildman–Crippen LogP) is 4.86. The van der Waals surface area contributed by atoms with Crippen molar-refractivity contribution in [2.75, 3.05) is 16.4 Å². The minimum Gasteiger partial charge on any atom is -0.326 e. The first-order chi connectivity index (χ1) is 16.4. The minimum atomic E-state index is -3.32. The first-order valence-electron chi connectivity index (χ1n) is 10.9. The van der Waals surface area contributed by atoms with Crippen molar-refractivity contribution >= 4 is 33.0 Å². The zero-order valence-electron chi connectivity index (χ0n) is 19.6. The SMILES string of the molecule is CCS(=O)(=O)c1ccc(CC(=O)Nc2ccc(C(C)(C)C(=O)Nc3ccc(F)cc3)c(F)c2)cc1. The molecule has 3 aromatic carbocycles. The highest BCUT2D eigenvalue weighted by Crippen LogP contribution is 2.29. The Hall–Kier alpha value is -3.59. The van der Waals surface area contributed by atoms with E-state index in [0.29, 0.717) is 11.3 Å². The zero-order valence-corrected chi connectivity index (χ0v) is 20.4. The van der Waals surface area contributed by atoms with Gasteiger partial charge in [0.05, 0.1) is 22.5 Å². The Bertz CT molecular complexity index is 1340. The molecule has 0 radical (unpaired) electrons. The molecular weight excluding hydrogens is 474 g/mol. The average Bonchev–Trinajstić information content (AvgIpc) is 2.80. The highest BCUT2D eigenvalue weighted by molar-refractivity contribution is 7.91. The van der Waals surface area contributed by atoms with Crippen LogP contribution >= 0.6 is 0 Å². The summed E-state index contributed by atoms with van der Waals surface area (Å²) in [5, 5.41) is 5.25. The van der Waals surface area contributed by atoms with E-state index in [2.05, 4.69) is 10.6 Å². The Morgan fingerprint density at radius 1 is 0.857 bits per heavy atom. The van der Waals surface area contributed by atoms with Gasteiger partial charge in [-0.15, -0.1) is 0 Å². The Labute approximate surface area is 203 Å². The molecule has 0 saturated heterocycles. The molecule has 0 aliphatic heterocycles. The molecule has 0 bridgehead atoms. The van der Waals surface area contributed by atoms with Crippen LogP contribution in [-0.2, 0) is 31.3 Å². The van der Waals surface area contributed by atoms with Gasteiger partial charge in [-0.1, -0.05) is 25.1 Å². The molecule has 0 aromatic heterocycles. The highest BCUT2D eigenvalue weighted by Gasteiger charge is 2.32. The first-order valence-corrected chi connectivity index (χ1v) is 12.6. The van der Waals surface area contributed by atoms with Crippen LogP contribution < -0.4 is 10.6 Å². The van der Waals surface area contributed by atoms with Crippen LogP contribution in [0.2, 0.25) is 0 Å². The van der Waals surface area contributed by atoms with E-state index in [9.17, 15) is 26.8 Å². The number of benzene rings is 3. The monoisotopic (exact) mass is 500 g/mol. The quantitative estimate of drug-likeness (QED) is 0.462. The van der Waals surface area contributed by atoms with Gasteiger partial charge >= 0.3 is 0 Å². The van der Waals surface area contributed by atoms with E-state index in [1.54, 1.807) is 32.9 Å². The lowest BCUT2D eigenvalue weighted by molar-refractivity contribution is -0.120. The number of halogens is 2. The standard InChI is InChI=1S/C26H26F2N2O4S/c1-4-35(33,34)21-12-5-17(6-13-21)15-24(31)29-20-11-14-22(23(28)16-20)26(2,3)25(32)30-19-9-7-18(27)8-10-19/h5-14,16H,4,15H2,1-3H3,(H,29,31)(H,30,32). The van der Waals surface area contributed by atoms with Crippen LogP contribution in [-0.4, -0.2) is 26.0 Å². The van der Waals surface area contributed by atoms with Crippen LogP contribution in [0.5, 0.6) is 0 Å². The molecule has 0 unspecified atom stereocenters. The lowest BCUT2D eigenvalue weighted by atomic mass is 9.83. The third-order valence-corrected chi connectivity index (χ3v) is 7.37. The van der Waals surface area contributed by atoms with Crippen LogP contribution in [0.15, 0.2) is 71.6 Å². The maximum Gasteiger partial charge on any atom is 0.234 e. The van der Waals surface area contributed by atoms with Gasteiger partial charge in [-0.3, -0.25) is 9.59 Å². The van der Waals surface area contributed by atoms with Crippen LogP contribution in [0, 0.1) is 11.6 Å². The van der Waals surface area contributed by atoms with E-state index in [-0.39, 0.29) is 28.3 Å². The van der Waals surface area contributed by atoms with Gasteiger partial charge in [0.25, 0.3) is 0 Å². The molecule has 0 heterocycles. The van der Waals surface area contributed by atoms with Crippen molar-refractivity contribution in [3.63, 3.8) is 0 Å². The molecule has 0 spiro atoms. The van der Waals surface area contributed by atoms with Crippen molar-refractivity contribution in [2.45, 2.75) is 37.5 Å². The molecule has 2 N–H and O–H groups in total. The number of sulfone groups is 1. The summed E-state index contributed by atoms with van der Waals surface area (Å²) in [6, 6.07) is 15.3. The molecule has 184 valence electrons. The maximum atomic E-state index is 14.9. The van der Waals surface area contributed by atoms with Gasteiger partial charge in [0.1, 0.15) is 11.6 Å². The van der Waals surface area contributed by atoms with Gasteiger partial charge in [0.2, 0.25) is 11.8 Å². The molecule has 0 saturated carbocycles. The van der Waals surface area contributed by atoms with E-state index in [1.165, 1.54) is 48.5 Å². The Morgan fingerprint density at radius 2 is 1.46 bits per heavy atom. The van der Waals surface area contributed by atoms with Crippen LogP contribution in [0.4, 0.5) is 20.2 Å². The van der Waals surface area contributed by atoms with Crippen molar-refractivity contribution < 1.29 is 26.8 Å². The molecule has 0 atom stereocenters. The number of nitrogens with one attached hydrogen (secondary N) is 2. The van der Waals surface area contributed by atoms with Gasteiger partial charge in [0, 0.05) is 16.9 Å². The van der Waals surface area contributed by atoms with Gasteiger partial charge in [-0.25, -0.2) is 17.2 Å². The average molecular weight is 501 g/mol. The zero-order chi connectivity index (χ0) is 25.8. The van der Waals surface area contributed by atoms with Gasteiger partial charge in [-0.05, 0) is 67.9 Å². The molecule has 3 rings (SSSR count). The van der Waals surface area contributed by atoms with Crippen molar-refractivity contribution in [3.05, 3.63) is 89.5 Å². The summed E-state index contributed by atoms with van der Waals surface area (Å²) < 4.78 is 51.8. The third-order valence-electron chi connectivity index (χ3n) is 5.62. The lowest BCUT2D eigenvalue weighted by Crippen LogP contribution is -2.35. The fourth-order valence-electron chi connectivity index (χ4n) is 3.41. The van der Waals surface area contributed by atoms with Crippen molar-refractivity contribution in [2.24, 2.45) is 0 Å². The number of anilines is 2. The molecular formula is C26H26F2N2O4S. The Morgan fingerprint density at radius 3 is 2.03 bits per heavy atom. The fourth-order valence-corrected chi connectivity index (χ4v) is 4.30. The summed E-state index contributed by atoms with van der Waals surface area (Å²) in [6.45, 7) is 4.68. The Kier molecular flexibility index (Phi) is 7.70. The largest absolute Gasteiger partial charge is 0.326 e. The summed E-state index contributed by atoms with van der Waals surface area (Å²) in [5.41, 5.74) is 0.0861. The second-order valence-corrected chi connectivity index (χ2v) is 10.8. The highest BCUT2D eigenvalue weighted by atomic mass is 32.2. The summed E-state index contributed by atoms with van der Waals surface area (Å²) >= 11 is 0. The molecule has 3 aromatic rings. The smallest absolute Gasteiger partial charge is 0.234 e. The van der Waals surface area contributed by atoms with Crippen molar-refractivity contribution in [1.29, 1.82) is 0 Å². The van der Waals surface area contributed by atoms with E-state index in [4.69, 9.17) is 0 Å². The normalized spacial score (nSPS) is 11.7. The number of carbonyl (C=O) groups is 2. The van der Waals surface area contributed by atoms with Gasteiger partial charge in [0.15, 0.2) is 9.84 Å². The van der Waals surface area contributed by atoms with E-state index in [0.717, 1.165) is 6.07 Å². The summed E-state index contributed by atoms with van der Waals surface area (Å²) in [4.78, 5) is 25.4. The molecule has 0 aliphatic carbocycles. The second-order valence-electron chi connectivity index (χ2n) is 8.55. The number of rotatable bonds is 8. The Balaban J connectivity index is 1.67. The van der Waals surface area contributed by atoms with Crippen molar-refractivity contribution in [1.82, 2.24) is 0 Å². The fraction of sp³-hybridized carbons (Fsp3) is 0.231. The van der Waals surface area contributed by atoms with Crippen molar-refractivity contribution in [3.8, 4) is 0 Å². The predicted molar refractivity (Wildman–Crippen MR) is 131 cm³/mol. The van der Waals surface area contributed by atoms with E-state index in [1.807, 2.05) is 0 Å². The summed E-state index contributed by atoms with van der Waals surface area (Å²) in [7, 11) is -3.32. The van der Waals surface area contributed by atoms with Crippen LogP contribution in [0.1, 0.15) is 31.9 Å². The third kappa shape index (κ3) is 6.30. The molecule has 6 nitrogen and oxygen atoms in total. The number of amides is 2. The molecule has 0 aliphatic rings. The molecule has 0 fully saturated rings.